The fraction of sp³-hybridized carbons (Fsp3) is 0.500. The highest BCUT2D eigenvalue weighted by Gasteiger charge is 2.08. The fourth-order valence-corrected chi connectivity index (χ4v) is 0.948. The first-order valence-electron chi connectivity index (χ1n) is 3.81. The van der Waals surface area contributed by atoms with E-state index in [-0.39, 0.29) is 5.95 Å². The van der Waals surface area contributed by atoms with Crippen molar-refractivity contribution in [1.82, 2.24) is 9.97 Å². The minimum Gasteiger partial charge on any atom is -0.481 e. The van der Waals surface area contributed by atoms with Crippen LogP contribution in [0.25, 0.3) is 0 Å². The molecule has 0 saturated carbocycles. The summed E-state index contributed by atoms with van der Waals surface area (Å²) in [5.74, 6) is 1.16. The van der Waals surface area contributed by atoms with E-state index >= 15 is 0 Å². The van der Waals surface area contributed by atoms with Crippen molar-refractivity contribution in [3.05, 3.63) is 11.8 Å². The summed E-state index contributed by atoms with van der Waals surface area (Å²) in [7, 11) is 1.58. The molecule has 0 aliphatic heterocycles. The first kappa shape index (κ1) is 8.77. The Bertz CT molecular complexity index is 273. The van der Waals surface area contributed by atoms with Crippen molar-refractivity contribution in [2.75, 3.05) is 12.8 Å². The molecular weight excluding hydrogens is 154 g/mol. The van der Waals surface area contributed by atoms with Gasteiger partial charge in [-0.2, -0.15) is 4.98 Å². The maximum Gasteiger partial charge on any atom is 0.223 e. The average molecular weight is 167 g/mol. The quantitative estimate of drug-likeness (QED) is 0.718. The van der Waals surface area contributed by atoms with Crippen LogP contribution in [-0.4, -0.2) is 17.1 Å². The molecule has 0 amide bonds. The Morgan fingerprint density at radius 1 is 1.50 bits per heavy atom. The van der Waals surface area contributed by atoms with Crippen LogP contribution in [0, 0.1) is 0 Å². The Balaban J connectivity index is 3.11. The third-order valence-electron chi connectivity index (χ3n) is 1.61. The summed E-state index contributed by atoms with van der Waals surface area (Å²) in [4.78, 5) is 7.85. The van der Waals surface area contributed by atoms with Gasteiger partial charge < -0.3 is 10.5 Å². The van der Waals surface area contributed by atoms with Crippen molar-refractivity contribution < 1.29 is 4.74 Å². The van der Waals surface area contributed by atoms with Gasteiger partial charge in [0.1, 0.15) is 0 Å². The van der Waals surface area contributed by atoms with E-state index < -0.39 is 0 Å². The van der Waals surface area contributed by atoms with Crippen LogP contribution in [-0.2, 0) is 0 Å². The van der Waals surface area contributed by atoms with Crippen LogP contribution in [0.3, 0.4) is 0 Å². The molecule has 1 rings (SSSR count). The molecule has 12 heavy (non-hydrogen) atoms. The molecule has 0 aliphatic rings. The average Bonchev–Trinajstić information content (AvgIpc) is 2.03. The van der Waals surface area contributed by atoms with Crippen LogP contribution in [0.5, 0.6) is 5.88 Å². The molecule has 4 nitrogen and oxygen atoms in total. The molecule has 1 aromatic heterocycles. The third-order valence-corrected chi connectivity index (χ3v) is 1.61. The molecule has 0 spiro atoms. The zero-order valence-electron chi connectivity index (χ0n) is 7.53. The van der Waals surface area contributed by atoms with E-state index in [0.717, 1.165) is 5.56 Å². The predicted octanol–water partition coefficient (Wildman–Crippen LogP) is 1.19. The lowest BCUT2D eigenvalue weighted by atomic mass is 10.1. The summed E-state index contributed by atoms with van der Waals surface area (Å²) in [6, 6.07) is 0. The Morgan fingerprint density at radius 3 is 2.67 bits per heavy atom. The van der Waals surface area contributed by atoms with Crippen molar-refractivity contribution in [3.63, 3.8) is 0 Å². The van der Waals surface area contributed by atoms with Crippen LogP contribution >= 0.6 is 0 Å². The second-order valence-corrected chi connectivity index (χ2v) is 2.85. The molecule has 0 radical (unpaired) electrons. The van der Waals surface area contributed by atoms with Crippen LogP contribution < -0.4 is 10.5 Å². The SMILES string of the molecule is COc1nc(N)ncc1C(C)C. The topological polar surface area (TPSA) is 61.0 Å². The van der Waals surface area contributed by atoms with Crippen molar-refractivity contribution in [2.24, 2.45) is 0 Å². The molecule has 1 heterocycles. The van der Waals surface area contributed by atoms with Gasteiger partial charge >= 0.3 is 0 Å². The zero-order chi connectivity index (χ0) is 9.14. The maximum atomic E-state index is 5.40. The number of nitrogens with two attached hydrogens (primary N) is 1. The van der Waals surface area contributed by atoms with Gasteiger partial charge in [0.15, 0.2) is 0 Å². The van der Waals surface area contributed by atoms with Crippen molar-refractivity contribution in [3.8, 4) is 5.88 Å². The number of hydrogen-bond acceptors (Lipinski definition) is 4. The Labute approximate surface area is 71.8 Å². The van der Waals surface area contributed by atoms with Crippen LogP contribution in [0.1, 0.15) is 25.3 Å². The second-order valence-electron chi connectivity index (χ2n) is 2.85. The van der Waals surface area contributed by atoms with Crippen molar-refractivity contribution in [2.45, 2.75) is 19.8 Å². The van der Waals surface area contributed by atoms with E-state index in [2.05, 4.69) is 23.8 Å². The zero-order valence-corrected chi connectivity index (χ0v) is 7.53. The lowest BCUT2D eigenvalue weighted by Crippen LogP contribution is -2.02. The van der Waals surface area contributed by atoms with Crippen LogP contribution in [0.2, 0.25) is 0 Å². The number of nitrogens with zero attached hydrogens (tertiary/aromatic N) is 2. The fourth-order valence-electron chi connectivity index (χ4n) is 0.948. The number of ether oxygens (including phenoxy) is 1. The van der Waals surface area contributed by atoms with Gasteiger partial charge in [0.05, 0.1) is 7.11 Å². The second kappa shape index (κ2) is 3.38. The number of nitrogen functional groups attached to an aromatic ring is 1. The van der Waals surface area contributed by atoms with E-state index in [9.17, 15) is 0 Å². The predicted molar refractivity (Wildman–Crippen MR) is 47.1 cm³/mol. The standard InChI is InChI=1S/C8H13N3O/c1-5(2)6-4-10-8(9)11-7(6)12-3/h4-5H,1-3H3,(H2,9,10,11). The van der Waals surface area contributed by atoms with Gasteiger partial charge in [-0.3, -0.25) is 0 Å². The molecule has 0 aliphatic carbocycles. The van der Waals surface area contributed by atoms with Gasteiger partial charge in [0.2, 0.25) is 11.8 Å². The first-order valence-corrected chi connectivity index (χ1v) is 3.81. The molecule has 0 aromatic carbocycles. The third kappa shape index (κ3) is 1.64. The number of methoxy groups -OCH3 is 1. The number of rotatable bonds is 2. The molecule has 0 atom stereocenters. The molecule has 0 fully saturated rings. The summed E-state index contributed by atoms with van der Waals surface area (Å²) in [5.41, 5.74) is 6.38. The molecular formula is C8H13N3O. The van der Waals surface area contributed by atoms with Gasteiger partial charge in [0.25, 0.3) is 0 Å². The minimum absolute atomic E-state index is 0.247. The molecule has 0 bridgehead atoms. The summed E-state index contributed by atoms with van der Waals surface area (Å²) < 4.78 is 5.06. The number of anilines is 1. The van der Waals surface area contributed by atoms with Gasteiger partial charge in [-0.15, -0.1) is 0 Å². The lowest BCUT2D eigenvalue weighted by Gasteiger charge is -2.09. The van der Waals surface area contributed by atoms with Crippen LogP contribution in [0.15, 0.2) is 6.20 Å². The lowest BCUT2D eigenvalue weighted by molar-refractivity contribution is 0.390. The highest BCUT2D eigenvalue weighted by atomic mass is 16.5. The summed E-state index contributed by atoms with van der Waals surface area (Å²) in [6.45, 7) is 4.11. The van der Waals surface area contributed by atoms with E-state index in [1.807, 2.05) is 0 Å². The Hall–Kier alpha value is -1.32. The molecule has 4 heteroatoms. The Kier molecular flexibility index (Phi) is 2.47. The number of aromatic nitrogens is 2. The summed E-state index contributed by atoms with van der Waals surface area (Å²) in [6.07, 6.45) is 1.70. The largest absolute Gasteiger partial charge is 0.481 e. The molecule has 2 N–H and O–H groups in total. The van der Waals surface area contributed by atoms with E-state index in [1.165, 1.54) is 0 Å². The van der Waals surface area contributed by atoms with Crippen LogP contribution in [0.4, 0.5) is 5.95 Å². The van der Waals surface area contributed by atoms with Gasteiger partial charge in [-0.25, -0.2) is 4.98 Å². The van der Waals surface area contributed by atoms with Crippen molar-refractivity contribution >= 4 is 5.95 Å². The first-order chi connectivity index (χ1) is 5.65. The summed E-state index contributed by atoms with van der Waals surface area (Å²) >= 11 is 0. The summed E-state index contributed by atoms with van der Waals surface area (Å²) in [5, 5.41) is 0. The highest BCUT2D eigenvalue weighted by molar-refractivity contribution is 5.31. The minimum atomic E-state index is 0.247. The Morgan fingerprint density at radius 2 is 2.17 bits per heavy atom. The maximum absolute atomic E-state index is 5.40. The molecule has 0 unspecified atom stereocenters. The van der Waals surface area contributed by atoms with E-state index in [4.69, 9.17) is 10.5 Å². The monoisotopic (exact) mass is 167 g/mol. The van der Waals surface area contributed by atoms with Gasteiger partial charge in [-0.05, 0) is 5.92 Å². The van der Waals surface area contributed by atoms with Crippen molar-refractivity contribution in [1.29, 1.82) is 0 Å². The smallest absolute Gasteiger partial charge is 0.223 e. The highest BCUT2D eigenvalue weighted by Crippen LogP contribution is 2.23. The number of hydrogen-bond donors (Lipinski definition) is 1. The molecule has 66 valence electrons. The van der Waals surface area contributed by atoms with E-state index in [1.54, 1.807) is 13.3 Å². The van der Waals surface area contributed by atoms with E-state index in [0.29, 0.717) is 11.8 Å². The van der Waals surface area contributed by atoms with Gasteiger partial charge in [0, 0.05) is 11.8 Å². The normalized spacial score (nSPS) is 10.3. The molecule has 0 saturated heterocycles. The molecule has 1 aromatic rings. The van der Waals surface area contributed by atoms with Gasteiger partial charge in [-0.1, -0.05) is 13.8 Å².